The van der Waals surface area contributed by atoms with E-state index in [0.717, 1.165) is 6.07 Å². The third-order valence-corrected chi connectivity index (χ3v) is 4.54. The van der Waals surface area contributed by atoms with Crippen molar-refractivity contribution in [1.82, 2.24) is 4.90 Å². The second kappa shape index (κ2) is 8.28. The summed E-state index contributed by atoms with van der Waals surface area (Å²) in [6.07, 6.45) is -0.901. The number of benzene rings is 2. The highest BCUT2D eigenvalue weighted by atomic mass is 19.1. The molecule has 2 atom stereocenters. The van der Waals surface area contributed by atoms with Gasteiger partial charge in [0.25, 0.3) is 5.91 Å². The molecule has 142 valence electrons. The molecule has 3 rings (SSSR count). The summed E-state index contributed by atoms with van der Waals surface area (Å²) in [6.45, 7) is 2.64. The number of aliphatic hydroxyl groups excluding tert-OH is 1. The Balaban J connectivity index is 1.69. The Morgan fingerprint density at radius 1 is 1.33 bits per heavy atom. The molecule has 1 heterocycles. The van der Waals surface area contributed by atoms with E-state index < -0.39 is 23.9 Å². The van der Waals surface area contributed by atoms with Gasteiger partial charge in [0.1, 0.15) is 18.5 Å². The van der Waals surface area contributed by atoms with Crippen molar-refractivity contribution in [3.8, 4) is 0 Å². The van der Waals surface area contributed by atoms with E-state index in [9.17, 15) is 19.1 Å². The number of ether oxygens (including phenoxy) is 1. The molecule has 1 aliphatic rings. The van der Waals surface area contributed by atoms with Crippen molar-refractivity contribution in [3.05, 3.63) is 65.5 Å². The van der Waals surface area contributed by atoms with Crippen molar-refractivity contribution >= 4 is 17.5 Å². The molecule has 2 N–H and O–H groups in total. The molecule has 2 aromatic rings. The van der Waals surface area contributed by atoms with Crippen LogP contribution in [0.2, 0.25) is 0 Å². The van der Waals surface area contributed by atoms with Gasteiger partial charge in [-0.1, -0.05) is 18.2 Å². The predicted octanol–water partition coefficient (Wildman–Crippen LogP) is 2.36. The standard InChI is InChI=1S/C20H21FN2O4/c1-2-23-17(11-27-12-18(23)24)19(25)13-6-8-16(9-7-13)22-20(26)14-4-3-5-15(21)10-14/h3-10,17,19,25H,2,11-12H2,1H3,(H,22,26)/t17-,19-/m1/s1. The van der Waals surface area contributed by atoms with Crippen LogP contribution in [0.25, 0.3) is 0 Å². The molecule has 0 unspecified atom stereocenters. The maximum Gasteiger partial charge on any atom is 0.255 e. The van der Waals surface area contributed by atoms with Gasteiger partial charge in [0.15, 0.2) is 0 Å². The highest BCUT2D eigenvalue weighted by Gasteiger charge is 2.33. The van der Waals surface area contributed by atoms with Crippen molar-refractivity contribution in [2.45, 2.75) is 19.1 Å². The van der Waals surface area contributed by atoms with Crippen molar-refractivity contribution in [2.24, 2.45) is 0 Å². The number of halogens is 1. The summed E-state index contributed by atoms with van der Waals surface area (Å²) in [5, 5.41) is 13.3. The van der Waals surface area contributed by atoms with Gasteiger partial charge in [-0.15, -0.1) is 0 Å². The van der Waals surface area contributed by atoms with Gasteiger partial charge in [-0.2, -0.15) is 0 Å². The zero-order valence-electron chi connectivity index (χ0n) is 14.9. The van der Waals surface area contributed by atoms with Gasteiger partial charge in [0.2, 0.25) is 5.91 Å². The molecule has 0 aromatic heterocycles. The fourth-order valence-electron chi connectivity index (χ4n) is 3.12. The van der Waals surface area contributed by atoms with Crippen molar-refractivity contribution < 1.29 is 23.8 Å². The lowest BCUT2D eigenvalue weighted by Crippen LogP contribution is -2.51. The van der Waals surface area contributed by atoms with Crippen LogP contribution in [-0.2, 0) is 9.53 Å². The summed E-state index contributed by atoms with van der Waals surface area (Å²) in [6, 6.07) is 11.6. The van der Waals surface area contributed by atoms with Gasteiger partial charge in [-0.05, 0) is 42.8 Å². The second-order valence-electron chi connectivity index (χ2n) is 6.29. The van der Waals surface area contributed by atoms with E-state index in [-0.39, 0.29) is 24.7 Å². The zero-order chi connectivity index (χ0) is 19.4. The maximum absolute atomic E-state index is 13.2. The lowest BCUT2D eigenvalue weighted by molar-refractivity contribution is -0.153. The van der Waals surface area contributed by atoms with E-state index in [0.29, 0.717) is 17.8 Å². The quantitative estimate of drug-likeness (QED) is 0.845. The largest absolute Gasteiger partial charge is 0.386 e. The number of amides is 2. The van der Waals surface area contributed by atoms with E-state index in [2.05, 4.69) is 5.32 Å². The molecule has 2 aromatic carbocycles. The molecule has 1 aliphatic heterocycles. The number of carbonyl (C=O) groups is 2. The first-order chi connectivity index (χ1) is 13.0. The van der Waals surface area contributed by atoms with Gasteiger partial charge >= 0.3 is 0 Å². The zero-order valence-corrected chi connectivity index (χ0v) is 14.9. The number of hydrogen-bond donors (Lipinski definition) is 2. The number of morpholine rings is 1. The molecule has 7 heteroatoms. The summed E-state index contributed by atoms with van der Waals surface area (Å²) in [5.41, 5.74) is 1.35. The topological polar surface area (TPSA) is 78.9 Å². The Hall–Kier alpha value is -2.77. The van der Waals surface area contributed by atoms with Crippen LogP contribution in [0.5, 0.6) is 0 Å². The minimum Gasteiger partial charge on any atom is -0.386 e. The first-order valence-corrected chi connectivity index (χ1v) is 8.71. The summed E-state index contributed by atoms with van der Waals surface area (Å²) >= 11 is 0. The monoisotopic (exact) mass is 372 g/mol. The molecular formula is C20H21FN2O4. The van der Waals surface area contributed by atoms with Crippen LogP contribution in [0.3, 0.4) is 0 Å². The number of carbonyl (C=O) groups excluding carboxylic acids is 2. The number of rotatable bonds is 5. The predicted molar refractivity (Wildman–Crippen MR) is 97.7 cm³/mol. The Morgan fingerprint density at radius 2 is 2.07 bits per heavy atom. The van der Waals surface area contributed by atoms with Crippen LogP contribution in [0.4, 0.5) is 10.1 Å². The molecule has 0 bridgehead atoms. The number of hydrogen-bond acceptors (Lipinski definition) is 4. The Morgan fingerprint density at radius 3 is 2.74 bits per heavy atom. The molecule has 0 spiro atoms. The Kier molecular flexibility index (Phi) is 5.83. The van der Waals surface area contributed by atoms with Crippen LogP contribution in [0.1, 0.15) is 28.9 Å². The fraction of sp³-hybridized carbons (Fsp3) is 0.300. The summed E-state index contributed by atoms with van der Waals surface area (Å²) < 4.78 is 18.5. The van der Waals surface area contributed by atoms with Crippen LogP contribution in [0.15, 0.2) is 48.5 Å². The minimum atomic E-state index is -0.901. The van der Waals surface area contributed by atoms with Crippen molar-refractivity contribution in [3.63, 3.8) is 0 Å². The summed E-state index contributed by atoms with van der Waals surface area (Å²) in [7, 11) is 0. The average Bonchev–Trinajstić information content (AvgIpc) is 2.68. The SMILES string of the molecule is CCN1C(=O)COC[C@@H]1[C@H](O)c1ccc(NC(=O)c2cccc(F)c2)cc1. The summed E-state index contributed by atoms with van der Waals surface area (Å²) in [4.78, 5) is 25.7. The number of aliphatic hydroxyl groups is 1. The first-order valence-electron chi connectivity index (χ1n) is 8.71. The molecule has 6 nitrogen and oxygen atoms in total. The molecule has 0 radical (unpaired) electrons. The lowest BCUT2D eigenvalue weighted by atomic mass is 10.00. The van der Waals surface area contributed by atoms with E-state index in [1.807, 2.05) is 6.92 Å². The third-order valence-electron chi connectivity index (χ3n) is 4.54. The van der Waals surface area contributed by atoms with Gasteiger partial charge < -0.3 is 20.1 Å². The number of anilines is 1. The highest BCUT2D eigenvalue weighted by Crippen LogP contribution is 2.25. The van der Waals surface area contributed by atoms with Gasteiger partial charge in [-0.3, -0.25) is 9.59 Å². The highest BCUT2D eigenvalue weighted by molar-refractivity contribution is 6.04. The average molecular weight is 372 g/mol. The molecule has 2 amide bonds. The smallest absolute Gasteiger partial charge is 0.255 e. The fourth-order valence-corrected chi connectivity index (χ4v) is 3.12. The van der Waals surface area contributed by atoms with E-state index >= 15 is 0 Å². The summed E-state index contributed by atoms with van der Waals surface area (Å²) in [5.74, 6) is -1.05. The van der Waals surface area contributed by atoms with Crippen LogP contribution < -0.4 is 5.32 Å². The Bertz CT molecular complexity index is 825. The maximum atomic E-state index is 13.2. The molecule has 1 saturated heterocycles. The van der Waals surface area contributed by atoms with E-state index in [1.54, 1.807) is 29.2 Å². The van der Waals surface area contributed by atoms with Gasteiger partial charge in [0, 0.05) is 17.8 Å². The van der Waals surface area contributed by atoms with Crippen LogP contribution in [-0.4, -0.2) is 47.6 Å². The van der Waals surface area contributed by atoms with E-state index in [4.69, 9.17) is 4.74 Å². The number of likely N-dealkylation sites (N-methyl/N-ethyl adjacent to an activating group) is 1. The first kappa shape index (κ1) is 19.0. The van der Waals surface area contributed by atoms with E-state index in [1.165, 1.54) is 18.2 Å². The third kappa shape index (κ3) is 4.32. The number of nitrogens with one attached hydrogen (secondary N) is 1. The molecular weight excluding hydrogens is 351 g/mol. The molecule has 1 fully saturated rings. The van der Waals surface area contributed by atoms with Gasteiger partial charge in [-0.25, -0.2) is 4.39 Å². The normalized spacial score (nSPS) is 18.3. The van der Waals surface area contributed by atoms with Gasteiger partial charge in [0.05, 0.1) is 12.6 Å². The van der Waals surface area contributed by atoms with Crippen molar-refractivity contribution in [2.75, 3.05) is 25.1 Å². The molecule has 0 aliphatic carbocycles. The van der Waals surface area contributed by atoms with Crippen molar-refractivity contribution in [1.29, 1.82) is 0 Å². The second-order valence-corrected chi connectivity index (χ2v) is 6.29. The van der Waals surface area contributed by atoms with Crippen LogP contribution >= 0.6 is 0 Å². The Labute approximate surface area is 156 Å². The molecule has 0 saturated carbocycles. The minimum absolute atomic E-state index is 0.0299. The van der Waals surface area contributed by atoms with Crippen LogP contribution in [0, 0.1) is 5.82 Å². The number of nitrogens with zero attached hydrogens (tertiary/aromatic N) is 1. The lowest BCUT2D eigenvalue weighted by Gasteiger charge is -2.37. The molecule has 27 heavy (non-hydrogen) atoms.